The Hall–Kier alpha value is -3.94. The molecule has 8 nitrogen and oxygen atoms in total. The third-order valence-corrected chi connectivity index (χ3v) is 6.16. The van der Waals surface area contributed by atoms with Crippen LogP contribution in [0, 0.1) is 5.92 Å². The van der Waals surface area contributed by atoms with Gasteiger partial charge in [0.25, 0.3) is 17.4 Å². The van der Waals surface area contributed by atoms with E-state index in [4.69, 9.17) is 4.74 Å². The number of hydrogen-bond acceptors (Lipinski definition) is 5. The van der Waals surface area contributed by atoms with Crippen molar-refractivity contribution in [3.05, 3.63) is 88.6 Å². The summed E-state index contributed by atoms with van der Waals surface area (Å²) in [4.78, 5) is 44.3. The number of nitrogens with zero attached hydrogens (tertiary/aromatic N) is 3. The Morgan fingerprint density at radius 1 is 1.00 bits per heavy atom. The summed E-state index contributed by atoms with van der Waals surface area (Å²) < 4.78 is 7.21. The van der Waals surface area contributed by atoms with Crippen molar-refractivity contribution in [2.75, 3.05) is 25.0 Å². The number of nitrogens with one attached hydrogen (secondary N) is 1. The molecule has 0 spiro atoms. The number of piperidine rings is 1. The third-order valence-electron chi connectivity index (χ3n) is 6.16. The number of fused-ring (bicyclic) bond motifs is 4. The summed E-state index contributed by atoms with van der Waals surface area (Å²) in [6, 6.07) is 17.9. The Morgan fingerprint density at radius 2 is 1.82 bits per heavy atom. The molecule has 1 fully saturated rings. The van der Waals surface area contributed by atoms with Crippen LogP contribution in [0.2, 0.25) is 0 Å². The molecule has 0 aliphatic carbocycles. The van der Waals surface area contributed by atoms with Gasteiger partial charge in [-0.2, -0.15) is 0 Å². The van der Waals surface area contributed by atoms with Crippen molar-refractivity contribution < 1.29 is 14.3 Å². The molecule has 2 aliphatic heterocycles. The van der Waals surface area contributed by atoms with Gasteiger partial charge in [-0.1, -0.05) is 24.3 Å². The van der Waals surface area contributed by atoms with E-state index >= 15 is 0 Å². The summed E-state index contributed by atoms with van der Waals surface area (Å²) in [5, 5.41) is 2.67. The molecule has 4 heterocycles. The van der Waals surface area contributed by atoms with Gasteiger partial charge in [0.2, 0.25) is 0 Å². The van der Waals surface area contributed by atoms with Gasteiger partial charge in [-0.25, -0.2) is 0 Å². The summed E-state index contributed by atoms with van der Waals surface area (Å²) in [5.74, 6) is 0.369. The SMILES string of the molecule is O=C(COc1ccccc1)Nc1ccc2n(c1=O)CC1CC2CN(C(=O)c2ccccn2)C1. The lowest BCUT2D eigenvalue weighted by Crippen LogP contribution is -2.49. The molecule has 8 heteroatoms. The average Bonchev–Trinajstić information content (AvgIpc) is 2.85. The first-order valence-corrected chi connectivity index (χ1v) is 11.0. The Balaban J connectivity index is 1.29. The minimum absolute atomic E-state index is 0.0732. The third kappa shape index (κ3) is 4.37. The summed E-state index contributed by atoms with van der Waals surface area (Å²) >= 11 is 0. The van der Waals surface area contributed by atoms with Gasteiger partial charge in [0.05, 0.1) is 0 Å². The first kappa shape index (κ1) is 20.9. The molecule has 1 aromatic carbocycles. The van der Waals surface area contributed by atoms with Crippen LogP contribution in [0.1, 0.15) is 28.5 Å². The van der Waals surface area contributed by atoms with Gasteiger partial charge in [0.1, 0.15) is 17.1 Å². The van der Waals surface area contributed by atoms with Gasteiger partial charge in [0.15, 0.2) is 6.61 Å². The molecule has 3 aromatic rings. The molecule has 1 saturated heterocycles. The zero-order chi connectivity index (χ0) is 22.8. The highest BCUT2D eigenvalue weighted by atomic mass is 16.5. The fourth-order valence-electron chi connectivity index (χ4n) is 4.71. The zero-order valence-electron chi connectivity index (χ0n) is 18.0. The highest BCUT2D eigenvalue weighted by molar-refractivity contribution is 5.92. The predicted octanol–water partition coefficient (Wildman–Crippen LogP) is 2.52. The lowest BCUT2D eigenvalue weighted by molar-refractivity contribution is -0.118. The molecule has 0 radical (unpaired) electrons. The second kappa shape index (κ2) is 8.90. The van der Waals surface area contributed by atoms with Crippen molar-refractivity contribution in [2.24, 2.45) is 5.92 Å². The van der Waals surface area contributed by atoms with Gasteiger partial charge in [-0.3, -0.25) is 19.4 Å². The lowest BCUT2D eigenvalue weighted by Gasteiger charge is -2.42. The van der Waals surface area contributed by atoms with E-state index in [0.29, 0.717) is 31.1 Å². The van der Waals surface area contributed by atoms with E-state index in [2.05, 4.69) is 10.3 Å². The lowest BCUT2D eigenvalue weighted by atomic mass is 9.83. The molecule has 5 rings (SSSR count). The maximum absolute atomic E-state index is 13.1. The van der Waals surface area contributed by atoms with Gasteiger partial charge in [-0.05, 0) is 48.7 Å². The number of pyridine rings is 2. The molecule has 1 N–H and O–H groups in total. The maximum Gasteiger partial charge on any atom is 0.274 e. The molecule has 2 aromatic heterocycles. The highest BCUT2D eigenvalue weighted by Crippen LogP contribution is 2.35. The minimum atomic E-state index is -0.389. The second-order valence-electron chi connectivity index (χ2n) is 8.46. The number of benzene rings is 1. The fraction of sp³-hybridized carbons (Fsp3) is 0.280. The van der Waals surface area contributed by atoms with Crippen molar-refractivity contribution in [3.8, 4) is 5.75 Å². The quantitative estimate of drug-likeness (QED) is 0.653. The van der Waals surface area contributed by atoms with E-state index in [-0.39, 0.29) is 41.5 Å². The fourth-order valence-corrected chi connectivity index (χ4v) is 4.71. The molecule has 0 saturated carbocycles. The monoisotopic (exact) mass is 444 g/mol. The number of carbonyl (C=O) groups excluding carboxylic acids is 2. The Morgan fingerprint density at radius 3 is 2.61 bits per heavy atom. The number of ether oxygens (including phenoxy) is 1. The minimum Gasteiger partial charge on any atom is -0.484 e. The summed E-state index contributed by atoms with van der Waals surface area (Å²) in [7, 11) is 0. The molecule has 2 atom stereocenters. The van der Waals surface area contributed by atoms with E-state index in [1.807, 2.05) is 29.2 Å². The summed E-state index contributed by atoms with van der Waals surface area (Å²) in [6.07, 6.45) is 2.55. The standard InChI is InChI=1S/C25H24N4O4/c30-23(16-33-19-6-2-1-3-7-19)27-21-9-10-22-18-12-17(14-29(22)25(21)32)13-28(15-18)24(31)20-8-4-5-11-26-20/h1-11,17-18H,12-16H2,(H,27,30). The van der Waals surface area contributed by atoms with Gasteiger partial charge >= 0.3 is 0 Å². The second-order valence-corrected chi connectivity index (χ2v) is 8.46. The van der Waals surface area contributed by atoms with Crippen LogP contribution in [0.3, 0.4) is 0 Å². The molecule has 2 unspecified atom stereocenters. The Bertz CT molecular complexity index is 1230. The van der Waals surface area contributed by atoms with Crippen LogP contribution in [-0.2, 0) is 11.3 Å². The van der Waals surface area contributed by atoms with Crippen LogP contribution in [-0.4, -0.2) is 46.0 Å². The first-order chi connectivity index (χ1) is 16.1. The topological polar surface area (TPSA) is 93.5 Å². The number of aromatic nitrogens is 2. The number of anilines is 1. The van der Waals surface area contributed by atoms with Crippen LogP contribution < -0.4 is 15.6 Å². The van der Waals surface area contributed by atoms with E-state index < -0.39 is 0 Å². The molecule has 2 amide bonds. The zero-order valence-corrected chi connectivity index (χ0v) is 18.0. The summed E-state index contributed by atoms with van der Waals surface area (Å²) in [5.41, 5.74) is 1.35. The number of para-hydroxylation sites is 1. The highest BCUT2D eigenvalue weighted by Gasteiger charge is 2.37. The Labute approximate surface area is 190 Å². The van der Waals surface area contributed by atoms with Crippen molar-refractivity contribution in [2.45, 2.75) is 18.9 Å². The van der Waals surface area contributed by atoms with Crippen LogP contribution in [0.4, 0.5) is 5.69 Å². The molecule has 2 aliphatic rings. The van der Waals surface area contributed by atoms with Crippen molar-refractivity contribution in [1.82, 2.24) is 14.5 Å². The molecular weight excluding hydrogens is 420 g/mol. The van der Waals surface area contributed by atoms with Crippen molar-refractivity contribution in [3.63, 3.8) is 0 Å². The molecule has 168 valence electrons. The van der Waals surface area contributed by atoms with E-state index in [1.54, 1.807) is 47.2 Å². The van der Waals surface area contributed by atoms with Crippen molar-refractivity contribution in [1.29, 1.82) is 0 Å². The number of hydrogen-bond donors (Lipinski definition) is 1. The largest absolute Gasteiger partial charge is 0.484 e. The van der Waals surface area contributed by atoms with Crippen LogP contribution in [0.25, 0.3) is 0 Å². The average molecular weight is 444 g/mol. The predicted molar refractivity (Wildman–Crippen MR) is 122 cm³/mol. The first-order valence-electron chi connectivity index (χ1n) is 11.0. The van der Waals surface area contributed by atoms with Gasteiger partial charge < -0.3 is 19.5 Å². The molecule has 33 heavy (non-hydrogen) atoms. The van der Waals surface area contributed by atoms with E-state index in [1.165, 1.54) is 0 Å². The number of carbonyl (C=O) groups is 2. The smallest absolute Gasteiger partial charge is 0.274 e. The van der Waals surface area contributed by atoms with E-state index in [9.17, 15) is 14.4 Å². The molecule has 2 bridgehead atoms. The van der Waals surface area contributed by atoms with Gasteiger partial charge in [0, 0.05) is 37.4 Å². The molecular formula is C25H24N4O4. The normalized spacial score (nSPS) is 18.8. The van der Waals surface area contributed by atoms with E-state index in [0.717, 1.165) is 12.1 Å². The number of amides is 2. The maximum atomic E-state index is 13.1. The Kier molecular flexibility index (Phi) is 5.64. The number of rotatable bonds is 5. The van der Waals surface area contributed by atoms with Crippen LogP contribution in [0.15, 0.2) is 71.7 Å². The number of likely N-dealkylation sites (tertiary alicyclic amines) is 1. The van der Waals surface area contributed by atoms with Crippen LogP contribution >= 0.6 is 0 Å². The van der Waals surface area contributed by atoms with Crippen LogP contribution in [0.5, 0.6) is 5.75 Å². The summed E-state index contributed by atoms with van der Waals surface area (Å²) in [6.45, 7) is 1.46. The van der Waals surface area contributed by atoms with Crippen molar-refractivity contribution >= 4 is 17.5 Å². The van der Waals surface area contributed by atoms with Gasteiger partial charge in [-0.15, -0.1) is 0 Å².